The predicted octanol–water partition coefficient (Wildman–Crippen LogP) is 4.26. The molecule has 2 aromatic carbocycles. The molecule has 9 nitrogen and oxygen atoms in total. The van der Waals surface area contributed by atoms with Crippen LogP contribution in [0.5, 0.6) is 0 Å². The Morgan fingerprint density at radius 2 is 2.09 bits per heavy atom. The highest BCUT2D eigenvalue weighted by Crippen LogP contribution is 2.33. The van der Waals surface area contributed by atoms with E-state index in [2.05, 4.69) is 10.3 Å². The van der Waals surface area contributed by atoms with E-state index in [0.29, 0.717) is 25.7 Å². The predicted molar refractivity (Wildman–Crippen MR) is 124 cm³/mol. The maximum absolute atomic E-state index is 14.1. The Morgan fingerprint density at radius 3 is 2.79 bits per heavy atom. The van der Waals surface area contributed by atoms with Gasteiger partial charge in [-0.15, -0.1) is 0 Å². The van der Waals surface area contributed by atoms with Gasteiger partial charge < -0.3 is 10.1 Å². The number of non-ortho nitro benzene ring substituents is 1. The van der Waals surface area contributed by atoms with Crippen LogP contribution in [0.2, 0.25) is 0 Å². The normalized spacial score (nSPS) is 16.8. The molecule has 1 unspecified atom stereocenters. The minimum absolute atomic E-state index is 0.131. The lowest BCUT2D eigenvalue weighted by atomic mass is 10.2. The first-order chi connectivity index (χ1) is 16.3. The summed E-state index contributed by atoms with van der Waals surface area (Å²) in [5.41, 5.74) is -0.0842. The highest BCUT2D eigenvalue weighted by atomic mass is 32.2. The number of benzene rings is 2. The van der Waals surface area contributed by atoms with Gasteiger partial charge in [-0.1, -0.05) is 17.8 Å². The highest BCUT2D eigenvalue weighted by Gasteiger charge is 2.39. The van der Waals surface area contributed by atoms with Gasteiger partial charge in [0.1, 0.15) is 16.8 Å². The van der Waals surface area contributed by atoms with Gasteiger partial charge in [0.15, 0.2) is 11.0 Å². The summed E-state index contributed by atoms with van der Waals surface area (Å²) in [6.07, 6.45) is 0.275. The summed E-state index contributed by atoms with van der Waals surface area (Å²) in [7, 11) is 0. The minimum atomic E-state index is -0.873. The maximum Gasteiger partial charge on any atom is 0.271 e. The molecule has 0 saturated carbocycles. The van der Waals surface area contributed by atoms with E-state index >= 15 is 0 Å². The van der Waals surface area contributed by atoms with Crippen LogP contribution in [-0.4, -0.2) is 51.8 Å². The van der Waals surface area contributed by atoms with E-state index in [-0.39, 0.29) is 41.1 Å². The number of hydrogen-bond donors (Lipinski definition) is 1. The third-order valence-electron chi connectivity index (χ3n) is 4.73. The van der Waals surface area contributed by atoms with E-state index in [1.165, 1.54) is 35.2 Å². The largest absolute Gasteiger partial charge is 0.382 e. The first kappa shape index (κ1) is 25.2. The summed E-state index contributed by atoms with van der Waals surface area (Å²) in [6, 6.07) is 8.38. The molecule has 1 heterocycles. The third kappa shape index (κ3) is 6.58. The smallest absolute Gasteiger partial charge is 0.271 e. The summed E-state index contributed by atoms with van der Waals surface area (Å²) in [6.45, 7) is 3.01. The zero-order valence-corrected chi connectivity index (χ0v) is 19.0. The fourth-order valence-electron chi connectivity index (χ4n) is 3.15. The Kier molecular flexibility index (Phi) is 8.66. The van der Waals surface area contributed by atoms with Crippen molar-refractivity contribution in [2.24, 2.45) is 4.99 Å². The van der Waals surface area contributed by atoms with Crippen molar-refractivity contribution in [1.29, 1.82) is 0 Å². The Hall–Kier alpha value is -3.38. The van der Waals surface area contributed by atoms with Crippen LogP contribution in [0.15, 0.2) is 47.5 Å². The molecule has 1 aliphatic heterocycles. The van der Waals surface area contributed by atoms with E-state index in [9.17, 15) is 28.5 Å². The van der Waals surface area contributed by atoms with Crippen molar-refractivity contribution < 1.29 is 28.0 Å². The molecule has 1 N–H and O–H groups in total. The summed E-state index contributed by atoms with van der Waals surface area (Å²) in [4.78, 5) is 41.4. The Morgan fingerprint density at radius 1 is 1.29 bits per heavy atom. The summed E-state index contributed by atoms with van der Waals surface area (Å²) in [5.74, 6) is -2.52. The molecule has 12 heteroatoms. The van der Waals surface area contributed by atoms with Crippen LogP contribution < -0.4 is 5.32 Å². The van der Waals surface area contributed by atoms with Crippen molar-refractivity contribution >= 4 is 45.8 Å². The number of nitrogens with zero attached hydrogens (tertiary/aromatic N) is 3. The lowest BCUT2D eigenvalue weighted by Crippen LogP contribution is -2.34. The topological polar surface area (TPSA) is 114 Å². The van der Waals surface area contributed by atoms with Gasteiger partial charge in [0.2, 0.25) is 11.8 Å². The zero-order chi connectivity index (χ0) is 24.7. The Labute approximate surface area is 198 Å². The number of nitro benzene ring substituents is 1. The van der Waals surface area contributed by atoms with Crippen molar-refractivity contribution in [1.82, 2.24) is 4.90 Å². The number of amides is 2. The second-order valence-corrected chi connectivity index (χ2v) is 8.37. The maximum atomic E-state index is 14.1. The summed E-state index contributed by atoms with van der Waals surface area (Å²) < 4.78 is 32.7. The summed E-state index contributed by atoms with van der Waals surface area (Å²) in [5, 5.41) is 12.8. The molecule has 1 fully saturated rings. The van der Waals surface area contributed by atoms with Crippen molar-refractivity contribution in [3.63, 3.8) is 0 Å². The van der Waals surface area contributed by atoms with E-state index < -0.39 is 27.7 Å². The van der Waals surface area contributed by atoms with Gasteiger partial charge >= 0.3 is 0 Å². The summed E-state index contributed by atoms with van der Waals surface area (Å²) >= 11 is 1.00. The number of ether oxygens (including phenoxy) is 1. The molecule has 2 aromatic rings. The standard InChI is InChI=1S/C22H22F2N4O5S/c1-2-33-10-4-9-27-21(30)19(34-22(27)26-18-8-7-14(23)11-17(18)24)13-20(29)25-15-5-3-6-16(12-15)28(31)32/h3,5-8,11-12,19H,2,4,9-10,13H2,1H3,(H,25,29). The number of rotatable bonds is 10. The number of hydrogen-bond acceptors (Lipinski definition) is 7. The first-order valence-corrected chi connectivity index (χ1v) is 11.3. The van der Waals surface area contributed by atoms with Gasteiger partial charge in [-0.05, 0) is 31.5 Å². The Bertz CT molecular complexity index is 1110. The van der Waals surface area contributed by atoms with Crippen LogP contribution in [0, 0.1) is 21.7 Å². The van der Waals surface area contributed by atoms with Crippen molar-refractivity contribution in [2.45, 2.75) is 25.0 Å². The van der Waals surface area contributed by atoms with Crippen LogP contribution in [0.25, 0.3) is 0 Å². The number of nitrogens with one attached hydrogen (secondary N) is 1. The molecule has 0 radical (unpaired) electrons. The van der Waals surface area contributed by atoms with Crippen LogP contribution in [0.1, 0.15) is 19.8 Å². The molecule has 0 spiro atoms. The highest BCUT2D eigenvalue weighted by molar-refractivity contribution is 8.15. The number of halogens is 2. The second-order valence-electron chi connectivity index (χ2n) is 7.20. The quantitative estimate of drug-likeness (QED) is 0.301. The molecular weight excluding hydrogens is 470 g/mol. The van der Waals surface area contributed by atoms with E-state index in [1.807, 2.05) is 6.92 Å². The molecule has 1 aliphatic rings. The SMILES string of the molecule is CCOCCCN1C(=O)C(CC(=O)Nc2cccc([N+](=O)[O-])c2)SC1=Nc1ccc(F)cc1F. The van der Waals surface area contributed by atoms with Gasteiger partial charge in [0, 0.05) is 50.1 Å². The molecule has 1 saturated heterocycles. The number of aliphatic imine (C=N–C) groups is 1. The van der Waals surface area contributed by atoms with E-state index in [0.717, 1.165) is 17.8 Å². The number of nitro groups is 1. The van der Waals surface area contributed by atoms with Gasteiger partial charge in [0.25, 0.3) is 5.69 Å². The van der Waals surface area contributed by atoms with Crippen LogP contribution in [0.4, 0.5) is 25.8 Å². The number of carbonyl (C=O) groups is 2. The Balaban J connectivity index is 1.75. The lowest BCUT2D eigenvalue weighted by molar-refractivity contribution is -0.384. The van der Waals surface area contributed by atoms with Gasteiger partial charge in [-0.25, -0.2) is 13.8 Å². The van der Waals surface area contributed by atoms with Crippen LogP contribution >= 0.6 is 11.8 Å². The van der Waals surface area contributed by atoms with Crippen molar-refractivity contribution in [2.75, 3.05) is 25.1 Å². The van der Waals surface area contributed by atoms with E-state index in [4.69, 9.17) is 4.74 Å². The molecular formula is C22H22F2N4O5S. The minimum Gasteiger partial charge on any atom is -0.382 e. The monoisotopic (exact) mass is 492 g/mol. The zero-order valence-electron chi connectivity index (χ0n) is 18.2. The third-order valence-corrected chi connectivity index (χ3v) is 5.91. The lowest BCUT2D eigenvalue weighted by Gasteiger charge is -2.16. The molecule has 0 aliphatic carbocycles. The van der Waals surface area contributed by atoms with Crippen LogP contribution in [0.3, 0.4) is 0 Å². The second kappa shape index (κ2) is 11.7. The van der Waals surface area contributed by atoms with Crippen molar-refractivity contribution in [3.8, 4) is 0 Å². The van der Waals surface area contributed by atoms with Crippen LogP contribution in [-0.2, 0) is 14.3 Å². The number of carbonyl (C=O) groups excluding carboxylic acids is 2. The average Bonchev–Trinajstić information content (AvgIpc) is 3.07. The molecule has 0 bridgehead atoms. The fourth-order valence-corrected chi connectivity index (χ4v) is 4.33. The van der Waals surface area contributed by atoms with Crippen molar-refractivity contribution in [3.05, 3.63) is 64.2 Å². The molecule has 1 atom stereocenters. The molecule has 0 aromatic heterocycles. The number of anilines is 1. The first-order valence-electron chi connectivity index (χ1n) is 10.4. The molecule has 2 amide bonds. The molecule has 180 valence electrons. The number of thioether (sulfide) groups is 1. The average molecular weight is 493 g/mol. The van der Waals surface area contributed by atoms with Gasteiger partial charge in [-0.2, -0.15) is 0 Å². The molecule has 34 heavy (non-hydrogen) atoms. The van der Waals surface area contributed by atoms with Gasteiger partial charge in [-0.3, -0.25) is 24.6 Å². The van der Waals surface area contributed by atoms with E-state index in [1.54, 1.807) is 0 Å². The number of amidine groups is 1. The van der Waals surface area contributed by atoms with Gasteiger partial charge in [0.05, 0.1) is 4.92 Å². The molecule has 3 rings (SSSR count). The fraction of sp³-hybridized carbons (Fsp3) is 0.318.